The van der Waals surface area contributed by atoms with Crippen LogP contribution in [0.1, 0.15) is 6.42 Å². The lowest BCUT2D eigenvalue weighted by atomic mass is 10.3. The predicted molar refractivity (Wildman–Crippen MR) is 88.5 cm³/mol. The summed E-state index contributed by atoms with van der Waals surface area (Å²) < 4.78 is 30.2. The minimum Gasteiger partial charge on any atom is -0.330 e. The molecule has 2 aromatic rings. The Kier molecular flexibility index (Phi) is 5.42. The molecule has 0 fully saturated rings. The van der Waals surface area contributed by atoms with E-state index in [4.69, 9.17) is 5.73 Å². The third kappa shape index (κ3) is 4.29. The molecular formula is C12H14Br2N4O2S. The molecule has 21 heavy (non-hydrogen) atoms. The van der Waals surface area contributed by atoms with Gasteiger partial charge in [-0.25, -0.2) is 8.42 Å². The minimum absolute atomic E-state index is 0.120. The van der Waals surface area contributed by atoms with Gasteiger partial charge in [0.05, 0.1) is 11.9 Å². The van der Waals surface area contributed by atoms with Crippen LogP contribution in [0.5, 0.6) is 0 Å². The molecule has 0 saturated heterocycles. The summed E-state index contributed by atoms with van der Waals surface area (Å²) in [6.45, 7) is 1.13. The molecular weight excluding hydrogens is 424 g/mol. The number of anilines is 1. The van der Waals surface area contributed by atoms with Crippen LogP contribution in [0.4, 0.5) is 5.69 Å². The summed E-state index contributed by atoms with van der Waals surface area (Å²) in [6, 6.07) is 5.19. The highest BCUT2D eigenvalue weighted by Crippen LogP contribution is 2.28. The first kappa shape index (κ1) is 16.5. The zero-order chi connectivity index (χ0) is 15.5. The second-order valence-electron chi connectivity index (χ2n) is 4.31. The summed E-state index contributed by atoms with van der Waals surface area (Å²) in [7, 11) is -3.66. The van der Waals surface area contributed by atoms with Crippen molar-refractivity contribution in [3.63, 3.8) is 0 Å². The number of rotatable bonds is 6. The van der Waals surface area contributed by atoms with Gasteiger partial charge in [0.25, 0.3) is 10.0 Å². The first-order chi connectivity index (χ1) is 9.92. The van der Waals surface area contributed by atoms with Gasteiger partial charge in [-0.1, -0.05) is 15.9 Å². The molecule has 1 heterocycles. The Balaban J connectivity index is 2.19. The molecule has 0 spiro atoms. The average molecular weight is 438 g/mol. The second kappa shape index (κ2) is 6.91. The lowest BCUT2D eigenvalue weighted by Gasteiger charge is -2.08. The number of nitrogens with one attached hydrogen (secondary N) is 1. The Hall–Kier alpha value is -0.900. The largest absolute Gasteiger partial charge is 0.330 e. The lowest BCUT2D eigenvalue weighted by Crippen LogP contribution is -2.13. The Morgan fingerprint density at radius 3 is 2.76 bits per heavy atom. The van der Waals surface area contributed by atoms with Crippen molar-refractivity contribution in [1.82, 2.24) is 9.78 Å². The molecule has 0 unspecified atom stereocenters. The number of halogens is 2. The maximum absolute atomic E-state index is 12.3. The second-order valence-corrected chi connectivity index (χ2v) is 7.76. The number of sulfonamides is 1. The number of aromatic nitrogens is 2. The molecule has 0 bridgehead atoms. The number of benzene rings is 1. The summed E-state index contributed by atoms with van der Waals surface area (Å²) in [4.78, 5) is 0.120. The van der Waals surface area contributed by atoms with Crippen LogP contribution in [0, 0.1) is 0 Å². The molecule has 0 radical (unpaired) electrons. The van der Waals surface area contributed by atoms with Crippen molar-refractivity contribution < 1.29 is 8.42 Å². The number of nitrogens with zero attached hydrogens (tertiary/aromatic N) is 2. The highest BCUT2D eigenvalue weighted by Gasteiger charge is 2.17. The molecule has 1 aromatic heterocycles. The molecule has 0 aliphatic rings. The van der Waals surface area contributed by atoms with E-state index in [2.05, 4.69) is 41.7 Å². The van der Waals surface area contributed by atoms with Crippen LogP contribution in [0.15, 0.2) is 44.4 Å². The van der Waals surface area contributed by atoms with E-state index in [9.17, 15) is 8.42 Å². The van der Waals surface area contributed by atoms with E-state index in [1.54, 1.807) is 22.9 Å². The van der Waals surface area contributed by atoms with Gasteiger partial charge in [0.1, 0.15) is 4.90 Å². The highest BCUT2D eigenvalue weighted by atomic mass is 79.9. The van der Waals surface area contributed by atoms with Gasteiger partial charge in [0.2, 0.25) is 0 Å². The van der Waals surface area contributed by atoms with Crippen molar-refractivity contribution in [2.24, 2.45) is 5.73 Å². The number of aryl methyl sites for hydroxylation is 1. The van der Waals surface area contributed by atoms with Crippen LogP contribution in [0.3, 0.4) is 0 Å². The van der Waals surface area contributed by atoms with E-state index in [-0.39, 0.29) is 4.90 Å². The van der Waals surface area contributed by atoms with Gasteiger partial charge in [0, 0.05) is 21.7 Å². The summed E-state index contributed by atoms with van der Waals surface area (Å²) in [5.41, 5.74) is 5.88. The van der Waals surface area contributed by atoms with Crippen molar-refractivity contribution in [3.8, 4) is 0 Å². The average Bonchev–Trinajstić information content (AvgIpc) is 2.89. The number of nitrogens with two attached hydrogens (primary N) is 1. The molecule has 0 saturated carbocycles. The van der Waals surface area contributed by atoms with Gasteiger partial charge in [-0.05, 0) is 47.1 Å². The number of hydrogen-bond acceptors (Lipinski definition) is 4. The molecule has 0 atom stereocenters. The quantitative estimate of drug-likeness (QED) is 0.726. The number of hydrogen-bond donors (Lipinski definition) is 2. The Morgan fingerprint density at radius 1 is 1.33 bits per heavy atom. The van der Waals surface area contributed by atoms with E-state index in [0.29, 0.717) is 23.2 Å². The fraction of sp³-hybridized carbons (Fsp3) is 0.250. The van der Waals surface area contributed by atoms with Gasteiger partial charge < -0.3 is 5.73 Å². The van der Waals surface area contributed by atoms with E-state index in [1.807, 2.05) is 0 Å². The fourth-order valence-corrected chi connectivity index (χ4v) is 3.94. The molecule has 0 aliphatic heterocycles. The van der Waals surface area contributed by atoms with E-state index < -0.39 is 10.0 Å². The molecule has 114 valence electrons. The van der Waals surface area contributed by atoms with Crippen molar-refractivity contribution in [2.45, 2.75) is 17.9 Å². The van der Waals surface area contributed by atoms with Crippen LogP contribution in [0.2, 0.25) is 0 Å². The normalized spacial score (nSPS) is 11.6. The monoisotopic (exact) mass is 436 g/mol. The molecule has 9 heteroatoms. The van der Waals surface area contributed by atoms with Crippen LogP contribution in [0.25, 0.3) is 0 Å². The first-order valence-corrected chi connectivity index (χ1v) is 9.19. The van der Waals surface area contributed by atoms with Gasteiger partial charge in [-0.3, -0.25) is 9.40 Å². The smallest absolute Gasteiger partial charge is 0.265 e. The Bertz CT molecular complexity index is 731. The van der Waals surface area contributed by atoms with Crippen LogP contribution in [-0.4, -0.2) is 24.7 Å². The molecule has 1 aromatic carbocycles. The Labute approximate surface area is 140 Å². The Morgan fingerprint density at radius 2 is 2.10 bits per heavy atom. The van der Waals surface area contributed by atoms with Gasteiger partial charge in [0.15, 0.2) is 0 Å². The highest BCUT2D eigenvalue weighted by molar-refractivity contribution is 9.11. The van der Waals surface area contributed by atoms with Crippen molar-refractivity contribution >= 4 is 47.6 Å². The summed E-state index contributed by atoms with van der Waals surface area (Å²) in [5, 5.41) is 4.02. The van der Waals surface area contributed by atoms with Gasteiger partial charge in [-0.2, -0.15) is 5.10 Å². The summed E-state index contributed by atoms with van der Waals surface area (Å²) in [6.07, 6.45) is 3.56. The molecule has 6 nitrogen and oxygen atoms in total. The lowest BCUT2D eigenvalue weighted by molar-refractivity contribution is 0.582. The summed E-state index contributed by atoms with van der Waals surface area (Å²) in [5.74, 6) is 0. The minimum atomic E-state index is -3.66. The zero-order valence-corrected chi connectivity index (χ0v) is 14.9. The van der Waals surface area contributed by atoms with Crippen LogP contribution in [-0.2, 0) is 16.6 Å². The van der Waals surface area contributed by atoms with Crippen molar-refractivity contribution in [3.05, 3.63) is 39.5 Å². The van der Waals surface area contributed by atoms with Crippen molar-refractivity contribution in [2.75, 3.05) is 11.3 Å². The van der Waals surface area contributed by atoms with Crippen LogP contribution >= 0.6 is 31.9 Å². The first-order valence-electron chi connectivity index (χ1n) is 6.13. The molecule has 2 rings (SSSR count). The third-order valence-electron chi connectivity index (χ3n) is 2.69. The topological polar surface area (TPSA) is 90.0 Å². The maximum Gasteiger partial charge on any atom is 0.265 e. The SMILES string of the molecule is NCCCn1cc(S(=O)(=O)Nc2ccc(Br)cc2Br)cn1. The van der Waals surface area contributed by atoms with Crippen LogP contribution < -0.4 is 10.5 Å². The van der Waals surface area contributed by atoms with E-state index in [1.165, 1.54) is 12.4 Å². The molecule has 3 N–H and O–H groups in total. The molecule has 0 amide bonds. The zero-order valence-electron chi connectivity index (χ0n) is 11.0. The standard InChI is InChI=1S/C12H14Br2N4O2S/c13-9-2-3-12(11(14)6-9)17-21(19,20)10-7-16-18(8-10)5-1-4-15/h2-3,6-8,17H,1,4-5,15H2. The van der Waals surface area contributed by atoms with Gasteiger partial charge in [-0.15, -0.1) is 0 Å². The maximum atomic E-state index is 12.3. The summed E-state index contributed by atoms with van der Waals surface area (Å²) >= 11 is 6.64. The van der Waals surface area contributed by atoms with E-state index >= 15 is 0 Å². The fourth-order valence-electron chi connectivity index (χ4n) is 1.63. The molecule has 0 aliphatic carbocycles. The van der Waals surface area contributed by atoms with Crippen molar-refractivity contribution in [1.29, 1.82) is 0 Å². The van der Waals surface area contributed by atoms with E-state index in [0.717, 1.165) is 10.9 Å². The predicted octanol–water partition coefficient (Wildman–Crippen LogP) is 2.56. The van der Waals surface area contributed by atoms with Gasteiger partial charge >= 0.3 is 0 Å². The third-order valence-corrected chi connectivity index (χ3v) is 5.16.